The number of rotatable bonds is 3. The minimum Gasteiger partial charge on any atom is -0.324 e. The molecule has 0 spiro atoms. The summed E-state index contributed by atoms with van der Waals surface area (Å²) in [6.45, 7) is 6.14. The average Bonchev–Trinajstić information content (AvgIpc) is 2.63. The Balaban J connectivity index is 1.96. The van der Waals surface area contributed by atoms with Crippen LogP contribution in [0.2, 0.25) is 0 Å². The van der Waals surface area contributed by atoms with E-state index >= 15 is 0 Å². The number of carbonyl (C=O) groups is 1. The second-order valence-corrected chi connectivity index (χ2v) is 7.47. The lowest BCUT2D eigenvalue weighted by atomic mass is 9.92. The number of nitrogens with zero attached hydrogens (tertiary/aromatic N) is 1. The molecule has 0 unspecified atom stereocenters. The highest BCUT2D eigenvalue weighted by Gasteiger charge is 2.25. The Labute approximate surface area is 130 Å². The van der Waals surface area contributed by atoms with Gasteiger partial charge in [-0.25, -0.2) is 4.39 Å². The van der Waals surface area contributed by atoms with Gasteiger partial charge in [-0.2, -0.15) is 0 Å². The first-order chi connectivity index (χ1) is 10.3. The number of benzene rings is 1. The van der Waals surface area contributed by atoms with E-state index in [1.807, 2.05) is 26.8 Å². The van der Waals surface area contributed by atoms with Crippen molar-refractivity contribution in [2.45, 2.75) is 52.5 Å². The Morgan fingerprint density at radius 3 is 2.64 bits per heavy atom. The van der Waals surface area contributed by atoms with Gasteiger partial charge in [0.25, 0.3) is 0 Å². The molecule has 1 N–H and O–H groups in total. The number of carbonyl (C=O) groups excluding carboxylic acids is 1. The van der Waals surface area contributed by atoms with Gasteiger partial charge in [0.2, 0.25) is 5.91 Å². The third kappa shape index (κ3) is 3.01. The standard InChI is InChI=1S/C18H23FN2O/c1-18(2,3)11-17(22)20-16-9-12-7-8-13(19)10-15(12)21(16)14-5-4-6-14/h7-10,14H,4-6,11H2,1-3H3,(H,20,22). The maximum Gasteiger partial charge on any atom is 0.226 e. The first-order valence-corrected chi connectivity index (χ1v) is 7.94. The van der Waals surface area contributed by atoms with Crippen molar-refractivity contribution < 1.29 is 9.18 Å². The van der Waals surface area contributed by atoms with Gasteiger partial charge in [-0.3, -0.25) is 4.79 Å². The molecule has 0 radical (unpaired) electrons. The number of hydrogen-bond donors (Lipinski definition) is 1. The first-order valence-electron chi connectivity index (χ1n) is 7.94. The van der Waals surface area contributed by atoms with Crippen LogP contribution in [0.3, 0.4) is 0 Å². The van der Waals surface area contributed by atoms with Crippen LogP contribution in [0.5, 0.6) is 0 Å². The molecule has 4 heteroatoms. The van der Waals surface area contributed by atoms with E-state index in [9.17, 15) is 9.18 Å². The Hall–Kier alpha value is -1.84. The molecule has 3 rings (SSSR count). The predicted molar refractivity (Wildman–Crippen MR) is 87.5 cm³/mol. The fourth-order valence-electron chi connectivity index (χ4n) is 3.00. The van der Waals surface area contributed by atoms with E-state index in [-0.39, 0.29) is 17.1 Å². The van der Waals surface area contributed by atoms with Crippen molar-refractivity contribution in [1.82, 2.24) is 4.57 Å². The molecule has 0 aliphatic heterocycles. The molecule has 1 aromatic carbocycles. The Morgan fingerprint density at radius 2 is 2.05 bits per heavy atom. The monoisotopic (exact) mass is 302 g/mol. The molecule has 22 heavy (non-hydrogen) atoms. The number of fused-ring (bicyclic) bond motifs is 1. The normalized spacial score (nSPS) is 15.8. The molecular weight excluding hydrogens is 279 g/mol. The van der Waals surface area contributed by atoms with E-state index in [2.05, 4.69) is 9.88 Å². The summed E-state index contributed by atoms with van der Waals surface area (Å²) in [6, 6.07) is 7.12. The number of anilines is 1. The predicted octanol–water partition coefficient (Wildman–Crippen LogP) is 4.88. The third-order valence-corrected chi connectivity index (χ3v) is 4.20. The van der Waals surface area contributed by atoms with Crippen LogP contribution in [-0.4, -0.2) is 10.5 Å². The van der Waals surface area contributed by atoms with E-state index in [4.69, 9.17) is 0 Å². The zero-order chi connectivity index (χ0) is 15.9. The van der Waals surface area contributed by atoms with Crippen molar-refractivity contribution in [3.05, 3.63) is 30.1 Å². The molecule has 2 aromatic rings. The fraction of sp³-hybridized carbons (Fsp3) is 0.500. The van der Waals surface area contributed by atoms with Crippen molar-refractivity contribution in [2.24, 2.45) is 5.41 Å². The maximum absolute atomic E-state index is 13.6. The molecular formula is C18H23FN2O. The SMILES string of the molecule is CC(C)(C)CC(=O)Nc1cc2ccc(F)cc2n1C1CCC1. The molecule has 1 aromatic heterocycles. The summed E-state index contributed by atoms with van der Waals surface area (Å²) in [5.41, 5.74) is 0.819. The van der Waals surface area contributed by atoms with Crippen LogP contribution in [-0.2, 0) is 4.79 Å². The Kier molecular flexibility index (Phi) is 3.71. The zero-order valence-corrected chi connectivity index (χ0v) is 13.4. The summed E-state index contributed by atoms with van der Waals surface area (Å²) >= 11 is 0. The van der Waals surface area contributed by atoms with Gasteiger partial charge in [-0.15, -0.1) is 0 Å². The minimum atomic E-state index is -0.237. The number of halogens is 1. The number of amides is 1. The minimum absolute atomic E-state index is 0.0105. The topological polar surface area (TPSA) is 34.0 Å². The highest BCUT2D eigenvalue weighted by Crippen LogP contribution is 2.38. The van der Waals surface area contributed by atoms with Gasteiger partial charge >= 0.3 is 0 Å². The summed E-state index contributed by atoms with van der Waals surface area (Å²) in [5, 5.41) is 4.00. The van der Waals surface area contributed by atoms with E-state index in [1.54, 1.807) is 12.1 Å². The molecule has 118 valence electrons. The smallest absolute Gasteiger partial charge is 0.226 e. The average molecular weight is 302 g/mol. The summed E-state index contributed by atoms with van der Waals surface area (Å²) in [4.78, 5) is 12.3. The van der Waals surface area contributed by atoms with Crippen molar-refractivity contribution in [3.63, 3.8) is 0 Å². The fourth-order valence-corrected chi connectivity index (χ4v) is 3.00. The Morgan fingerprint density at radius 1 is 1.32 bits per heavy atom. The lowest BCUT2D eigenvalue weighted by Crippen LogP contribution is -2.24. The number of hydrogen-bond acceptors (Lipinski definition) is 1. The molecule has 1 saturated carbocycles. The highest BCUT2D eigenvalue weighted by molar-refractivity contribution is 5.95. The summed E-state index contributed by atoms with van der Waals surface area (Å²) < 4.78 is 15.7. The lowest BCUT2D eigenvalue weighted by Gasteiger charge is -2.30. The van der Waals surface area contributed by atoms with Crippen LogP contribution in [0.25, 0.3) is 10.9 Å². The van der Waals surface area contributed by atoms with Crippen molar-refractivity contribution in [3.8, 4) is 0 Å². The van der Waals surface area contributed by atoms with Crippen LogP contribution in [0.1, 0.15) is 52.5 Å². The maximum atomic E-state index is 13.6. The van der Waals surface area contributed by atoms with Crippen LogP contribution in [0.4, 0.5) is 10.2 Å². The second-order valence-electron chi connectivity index (χ2n) is 7.47. The second kappa shape index (κ2) is 5.41. The molecule has 1 heterocycles. The molecule has 1 aliphatic carbocycles. The quantitative estimate of drug-likeness (QED) is 0.861. The molecule has 0 bridgehead atoms. The Bertz CT molecular complexity index is 708. The van der Waals surface area contributed by atoms with Gasteiger partial charge in [0.1, 0.15) is 11.6 Å². The van der Waals surface area contributed by atoms with Gasteiger partial charge < -0.3 is 9.88 Å². The molecule has 0 saturated heterocycles. The number of nitrogens with one attached hydrogen (secondary N) is 1. The lowest BCUT2D eigenvalue weighted by molar-refractivity contribution is -0.117. The molecule has 1 aliphatic rings. The van der Waals surface area contributed by atoms with Crippen molar-refractivity contribution in [1.29, 1.82) is 0 Å². The van der Waals surface area contributed by atoms with Crippen molar-refractivity contribution in [2.75, 3.05) is 5.32 Å². The molecule has 1 fully saturated rings. The van der Waals surface area contributed by atoms with E-state index in [0.717, 1.165) is 29.6 Å². The van der Waals surface area contributed by atoms with Gasteiger partial charge in [-0.1, -0.05) is 20.8 Å². The van der Waals surface area contributed by atoms with E-state index in [0.29, 0.717) is 12.5 Å². The van der Waals surface area contributed by atoms with Crippen LogP contribution >= 0.6 is 0 Å². The highest BCUT2D eigenvalue weighted by atomic mass is 19.1. The summed E-state index contributed by atoms with van der Waals surface area (Å²) in [5.74, 6) is 0.564. The largest absolute Gasteiger partial charge is 0.324 e. The first kappa shape index (κ1) is 15.1. The third-order valence-electron chi connectivity index (χ3n) is 4.20. The summed E-state index contributed by atoms with van der Waals surface area (Å²) in [7, 11) is 0. The molecule has 0 atom stereocenters. The van der Waals surface area contributed by atoms with Crippen molar-refractivity contribution >= 4 is 22.6 Å². The van der Waals surface area contributed by atoms with Crippen LogP contribution < -0.4 is 5.32 Å². The summed E-state index contributed by atoms with van der Waals surface area (Å²) in [6.07, 6.45) is 3.83. The van der Waals surface area contributed by atoms with Gasteiger partial charge in [-0.05, 0) is 48.9 Å². The molecule has 1 amide bonds. The van der Waals surface area contributed by atoms with E-state index in [1.165, 1.54) is 12.5 Å². The van der Waals surface area contributed by atoms with Gasteiger partial charge in [0, 0.05) is 17.8 Å². The van der Waals surface area contributed by atoms with Crippen LogP contribution in [0.15, 0.2) is 24.3 Å². The van der Waals surface area contributed by atoms with Crippen LogP contribution in [0, 0.1) is 11.2 Å². The molecule has 3 nitrogen and oxygen atoms in total. The van der Waals surface area contributed by atoms with Gasteiger partial charge in [0.15, 0.2) is 0 Å². The zero-order valence-electron chi connectivity index (χ0n) is 13.4. The van der Waals surface area contributed by atoms with Gasteiger partial charge in [0.05, 0.1) is 5.52 Å². The van der Waals surface area contributed by atoms with E-state index < -0.39 is 0 Å². The number of aromatic nitrogens is 1.